The minimum Gasteiger partial charge on any atom is -0.394 e. The zero-order valence-electron chi connectivity index (χ0n) is 15.2. The summed E-state index contributed by atoms with van der Waals surface area (Å²) in [6.45, 7) is 2.60. The largest absolute Gasteiger partial charge is 0.394 e. The van der Waals surface area contributed by atoms with Gasteiger partial charge in [-0.05, 0) is 5.56 Å². The Balaban J connectivity index is 1.62. The van der Waals surface area contributed by atoms with Crippen molar-refractivity contribution < 1.29 is 14.7 Å². The third kappa shape index (κ3) is 2.61. The quantitative estimate of drug-likeness (QED) is 0.875. The summed E-state index contributed by atoms with van der Waals surface area (Å²) in [5.74, 6) is -0.171. The molecule has 0 unspecified atom stereocenters. The zero-order valence-corrected chi connectivity index (χ0v) is 15.2. The molecule has 0 saturated carbocycles. The molecule has 2 amide bonds. The van der Waals surface area contributed by atoms with Crippen molar-refractivity contribution in [1.29, 1.82) is 0 Å². The minimum atomic E-state index is -0.459. The van der Waals surface area contributed by atoms with Gasteiger partial charge in [0.25, 0.3) is 5.91 Å². The maximum absolute atomic E-state index is 12.7. The van der Waals surface area contributed by atoms with E-state index >= 15 is 0 Å². The fourth-order valence-electron chi connectivity index (χ4n) is 4.57. The lowest BCUT2D eigenvalue weighted by Gasteiger charge is -2.70. The van der Waals surface area contributed by atoms with Gasteiger partial charge in [-0.15, -0.1) is 0 Å². The van der Waals surface area contributed by atoms with E-state index < -0.39 is 5.54 Å². The number of benzene rings is 1. The van der Waals surface area contributed by atoms with Gasteiger partial charge < -0.3 is 14.9 Å². The highest BCUT2D eigenvalue weighted by molar-refractivity contribution is 5.93. The van der Waals surface area contributed by atoms with E-state index in [1.807, 2.05) is 37.3 Å². The summed E-state index contributed by atoms with van der Waals surface area (Å²) in [7, 11) is 0. The van der Waals surface area contributed by atoms with E-state index in [9.17, 15) is 14.7 Å². The van der Waals surface area contributed by atoms with Crippen molar-refractivity contribution in [3.8, 4) is 0 Å². The molecule has 4 rings (SSSR count). The number of hydrogen-bond donors (Lipinski definition) is 1. The van der Waals surface area contributed by atoms with Gasteiger partial charge in [0.1, 0.15) is 5.69 Å². The molecule has 1 N–H and O–H groups in total. The van der Waals surface area contributed by atoms with Gasteiger partial charge in [-0.25, -0.2) is 4.98 Å². The number of carbonyl (C=O) groups is 2. The molecule has 0 bridgehead atoms. The van der Waals surface area contributed by atoms with E-state index in [0.29, 0.717) is 25.2 Å². The van der Waals surface area contributed by atoms with Crippen LogP contribution >= 0.6 is 0 Å². The van der Waals surface area contributed by atoms with E-state index in [1.165, 1.54) is 18.6 Å². The van der Waals surface area contributed by atoms with E-state index in [-0.39, 0.29) is 30.4 Å². The summed E-state index contributed by atoms with van der Waals surface area (Å²) in [6, 6.07) is 9.66. The number of aromatic nitrogens is 2. The third-order valence-corrected chi connectivity index (χ3v) is 5.69. The van der Waals surface area contributed by atoms with Crippen molar-refractivity contribution in [3.63, 3.8) is 0 Å². The van der Waals surface area contributed by atoms with E-state index in [1.54, 1.807) is 9.80 Å². The highest BCUT2D eigenvalue weighted by Gasteiger charge is 2.67. The molecule has 1 aromatic carbocycles. The second kappa shape index (κ2) is 6.74. The number of nitrogens with zero attached hydrogens (tertiary/aromatic N) is 4. The van der Waals surface area contributed by atoms with E-state index in [0.717, 1.165) is 5.56 Å². The summed E-state index contributed by atoms with van der Waals surface area (Å²) in [5.41, 5.74) is 0.929. The van der Waals surface area contributed by atoms with Crippen LogP contribution in [0.5, 0.6) is 0 Å². The second-order valence-electron chi connectivity index (χ2n) is 7.11. The Labute approximate surface area is 157 Å². The summed E-state index contributed by atoms with van der Waals surface area (Å²) in [4.78, 5) is 36.8. The standard InChI is InChI=1S/C20H22N4O3/c1-2-17(26)24-16(11-25)18(14-6-4-3-5-7-14)20(24)12-23(13-20)19(27)15-10-21-8-9-22-15/h3-10,16,18,25H,2,11-13H2,1H3/t16-,18+/m1/s1. The highest BCUT2D eigenvalue weighted by atomic mass is 16.3. The van der Waals surface area contributed by atoms with Crippen LogP contribution in [0.4, 0.5) is 0 Å². The Morgan fingerprint density at radius 2 is 1.96 bits per heavy atom. The second-order valence-corrected chi connectivity index (χ2v) is 7.11. The summed E-state index contributed by atoms with van der Waals surface area (Å²) in [5, 5.41) is 9.94. The van der Waals surface area contributed by atoms with E-state index in [2.05, 4.69) is 9.97 Å². The Bertz CT molecular complexity index is 837. The van der Waals surface area contributed by atoms with Crippen molar-refractivity contribution in [2.75, 3.05) is 19.7 Å². The molecule has 7 nitrogen and oxygen atoms in total. The third-order valence-electron chi connectivity index (χ3n) is 5.69. The first-order valence-electron chi connectivity index (χ1n) is 9.15. The monoisotopic (exact) mass is 366 g/mol. The molecule has 27 heavy (non-hydrogen) atoms. The van der Waals surface area contributed by atoms with Gasteiger partial charge >= 0.3 is 0 Å². The number of aliphatic hydroxyl groups is 1. The zero-order chi connectivity index (χ0) is 19.0. The topological polar surface area (TPSA) is 86.6 Å². The maximum Gasteiger partial charge on any atom is 0.274 e. The normalized spacial score (nSPS) is 22.9. The van der Waals surface area contributed by atoms with Crippen LogP contribution in [0.2, 0.25) is 0 Å². The Morgan fingerprint density at radius 1 is 1.22 bits per heavy atom. The molecule has 3 heterocycles. The number of amides is 2. The van der Waals surface area contributed by atoms with Crippen LogP contribution in [-0.4, -0.2) is 68.0 Å². The first-order valence-corrected chi connectivity index (χ1v) is 9.15. The molecule has 2 aliphatic heterocycles. The fraction of sp³-hybridized carbons (Fsp3) is 0.400. The number of carbonyl (C=O) groups excluding carboxylic acids is 2. The lowest BCUT2D eigenvalue weighted by atomic mass is 9.60. The van der Waals surface area contributed by atoms with Crippen LogP contribution in [0.25, 0.3) is 0 Å². The van der Waals surface area contributed by atoms with Gasteiger partial charge in [0.05, 0.1) is 24.4 Å². The first-order chi connectivity index (χ1) is 13.1. The van der Waals surface area contributed by atoms with Gasteiger partial charge in [-0.3, -0.25) is 14.6 Å². The van der Waals surface area contributed by atoms with Gasteiger partial charge in [-0.1, -0.05) is 37.3 Å². The average Bonchev–Trinajstić information content (AvgIpc) is 2.67. The number of likely N-dealkylation sites (tertiary alicyclic amines) is 2. The smallest absolute Gasteiger partial charge is 0.274 e. The molecule has 140 valence electrons. The number of hydrogen-bond acceptors (Lipinski definition) is 5. The molecule has 2 fully saturated rings. The average molecular weight is 366 g/mol. The summed E-state index contributed by atoms with van der Waals surface area (Å²) >= 11 is 0. The van der Waals surface area contributed by atoms with Crippen molar-refractivity contribution in [3.05, 3.63) is 60.2 Å². The van der Waals surface area contributed by atoms with Crippen molar-refractivity contribution in [2.24, 2.45) is 0 Å². The maximum atomic E-state index is 12.7. The van der Waals surface area contributed by atoms with Crippen LogP contribution in [0.1, 0.15) is 35.3 Å². The molecule has 1 spiro atoms. The number of rotatable bonds is 4. The predicted molar refractivity (Wildman–Crippen MR) is 97.9 cm³/mol. The van der Waals surface area contributed by atoms with Crippen LogP contribution in [-0.2, 0) is 4.79 Å². The molecule has 2 saturated heterocycles. The lowest BCUT2D eigenvalue weighted by molar-refractivity contribution is -0.193. The molecular weight excluding hydrogens is 344 g/mol. The first kappa shape index (κ1) is 17.6. The van der Waals surface area contributed by atoms with Gasteiger partial charge in [0.15, 0.2) is 0 Å². The molecule has 0 aliphatic carbocycles. The fourth-order valence-corrected chi connectivity index (χ4v) is 4.57. The lowest BCUT2D eigenvalue weighted by Crippen LogP contribution is -2.86. The van der Waals surface area contributed by atoms with Crippen LogP contribution < -0.4 is 0 Å². The van der Waals surface area contributed by atoms with Crippen LogP contribution in [0, 0.1) is 0 Å². The van der Waals surface area contributed by atoms with Gasteiger partial charge in [0, 0.05) is 37.8 Å². The van der Waals surface area contributed by atoms with Crippen LogP contribution in [0.3, 0.4) is 0 Å². The van der Waals surface area contributed by atoms with Crippen molar-refractivity contribution >= 4 is 11.8 Å². The molecule has 0 radical (unpaired) electrons. The molecule has 1 aromatic heterocycles. The Kier molecular flexibility index (Phi) is 4.39. The number of aliphatic hydroxyl groups excluding tert-OH is 1. The summed E-state index contributed by atoms with van der Waals surface area (Å²) < 4.78 is 0. The SMILES string of the molecule is CCC(=O)N1[C@H](CO)[C@H](c2ccccc2)C12CN(C(=O)c1cnccn1)C2. The van der Waals surface area contributed by atoms with Crippen molar-refractivity contribution in [1.82, 2.24) is 19.8 Å². The Hall–Kier alpha value is -2.80. The van der Waals surface area contributed by atoms with Crippen molar-refractivity contribution in [2.45, 2.75) is 30.8 Å². The molecule has 2 aliphatic rings. The molecule has 7 heteroatoms. The molecule has 2 atom stereocenters. The molecule has 2 aromatic rings. The van der Waals surface area contributed by atoms with Gasteiger partial charge in [-0.2, -0.15) is 0 Å². The molecular formula is C20H22N4O3. The predicted octanol–water partition coefficient (Wildman–Crippen LogP) is 1.07. The van der Waals surface area contributed by atoms with Gasteiger partial charge in [0.2, 0.25) is 5.91 Å². The van der Waals surface area contributed by atoms with E-state index in [4.69, 9.17) is 0 Å². The Morgan fingerprint density at radius 3 is 2.56 bits per heavy atom. The minimum absolute atomic E-state index is 0.00473. The van der Waals surface area contributed by atoms with Crippen LogP contribution in [0.15, 0.2) is 48.9 Å². The highest BCUT2D eigenvalue weighted by Crippen LogP contribution is 2.54. The summed E-state index contributed by atoms with van der Waals surface area (Å²) in [6.07, 6.45) is 4.85.